The second-order valence-corrected chi connectivity index (χ2v) is 10.3. The molecule has 0 fully saturated rings. The van der Waals surface area contributed by atoms with Crippen LogP contribution in [0.5, 0.6) is 5.75 Å². The van der Waals surface area contributed by atoms with Crippen molar-refractivity contribution < 1.29 is 28.6 Å². The van der Waals surface area contributed by atoms with E-state index < -0.39 is 42.1 Å². The molecule has 188 valence electrons. The number of hydrogen-bond acceptors (Lipinski definition) is 5. The van der Waals surface area contributed by atoms with Crippen LogP contribution >= 0.6 is 7.60 Å². The van der Waals surface area contributed by atoms with Crippen molar-refractivity contribution in [1.29, 1.82) is 0 Å². The number of halogens is 1. The fourth-order valence-corrected chi connectivity index (χ4v) is 5.12. The van der Waals surface area contributed by atoms with Crippen molar-refractivity contribution in [2.45, 2.75) is 45.1 Å². The molecule has 0 atom stereocenters. The number of pyridine rings is 2. The molecule has 0 bridgehead atoms. The molecule has 0 saturated heterocycles. The lowest BCUT2D eigenvalue weighted by molar-refractivity contribution is 0.0957. The molecule has 0 unspecified atom stereocenters. The van der Waals surface area contributed by atoms with Crippen LogP contribution in [0.15, 0.2) is 41.3 Å². The number of nitrogens with one attached hydrogen (secondary N) is 1. The highest BCUT2D eigenvalue weighted by atomic mass is 31.2. The monoisotopic (exact) mass is 505 g/mol. The molecule has 0 saturated carbocycles. The number of rotatable bonds is 9. The zero-order valence-corrected chi connectivity index (χ0v) is 20.7. The van der Waals surface area contributed by atoms with Gasteiger partial charge in [0.2, 0.25) is 0 Å². The van der Waals surface area contributed by atoms with E-state index in [1.807, 2.05) is 0 Å². The van der Waals surface area contributed by atoms with Crippen LogP contribution in [0.1, 0.15) is 54.6 Å². The van der Waals surface area contributed by atoms with Gasteiger partial charge in [0, 0.05) is 18.8 Å². The zero-order valence-electron chi connectivity index (χ0n) is 19.8. The van der Waals surface area contributed by atoms with Gasteiger partial charge in [0.05, 0.1) is 11.7 Å². The van der Waals surface area contributed by atoms with Gasteiger partial charge in [-0.3, -0.25) is 23.7 Å². The van der Waals surface area contributed by atoms with Crippen LogP contribution in [-0.2, 0) is 16.5 Å². The minimum absolute atomic E-state index is 0.0218. The molecule has 2 aromatic heterocycles. The molecular formula is C24H29FN3O6P. The maximum Gasteiger partial charge on any atom is 0.325 e. The Balaban J connectivity index is 2.33. The molecule has 11 heteroatoms. The van der Waals surface area contributed by atoms with Gasteiger partial charge in [0.15, 0.2) is 5.75 Å². The van der Waals surface area contributed by atoms with Crippen molar-refractivity contribution in [3.8, 4) is 5.75 Å². The van der Waals surface area contributed by atoms with Crippen LogP contribution in [-0.4, -0.2) is 43.6 Å². The Hall–Kier alpha value is -3.07. The normalized spacial score (nSPS) is 12.2. The molecule has 0 aliphatic rings. The number of aromatic hydroxyl groups is 1. The lowest BCUT2D eigenvalue weighted by Crippen LogP contribution is -2.44. The van der Waals surface area contributed by atoms with Crippen LogP contribution in [0.25, 0.3) is 11.0 Å². The first-order chi connectivity index (χ1) is 16.5. The van der Waals surface area contributed by atoms with E-state index in [9.17, 15) is 33.4 Å². The SMILES string of the molecule is CCC(CC)(CCP(=O)(O)O)n1c(=O)c(C(=O)NC)c(O)c2ncc(Cc3ccc(F)cc3)cc21. The third-order valence-corrected chi connectivity index (χ3v) is 7.28. The highest BCUT2D eigenvalue weighted by Crippen LogP contribution is 2.42. The molecule has 1 amide bonds. The number of aromatic nitrogens is 2. The predicted molar refractivity (Wildman–Crippen MR) is 130 cm³/mol. The van der Waals surface area contributed by atoms with E-state index in [0.29, 0.717) is 24.8 Å². The summed E-state index contributed by atoms with van der Waals surface area (Å²) in [5, 5.41) is 13.2. The Morgan fingerprint density at radius 1 is 1.17 bits per heavy atom. The van der Waals surface area contributed by atoms with Crippen LogP contribution in [0.2, 0.25) is 0 Å². The number of benzene rings is 1. The quantitative estimate of drug-likeness (QED) is 0.327. The van der Waals surface area contributed by atoms with Crippen molar-refractivity contribution in [3.05, 3.63) is 69.4 Å². The first kappa shape index (κ1) is 26.5. The summed E-state index contributed by atoms with van der Waals surface area (Å²) in [5.41, 5.74) is -0.580. The third kappa shape index (κ3) is 5.45. The lowest BCUT2D eigenvalue weighted by Gasteiger charge is -2.36. The number of carbonyl (C=O) groups excluding carboxylic acids is 1. The summed E-state index contributed by atoms with van der Waals surface area (Å²) in [6.45, 7) is 3.59. The van der Waals surface area contributed by atoms with Crippen molar-refractivity contribution >= 4 is 24.5 Å². The van der Waals surface area contributed by atoms with E-state index in [1.165, 1.54) is 29.9 Å². The second-order valence-electron chi connectivity index (χ2n) is 8.53. The molecule has 3 rings (SSSR count). The molecule has 0 aliphatic heterocycles. The van der Waals surface area contributed by atoms with E-state index in [4.69, 9.17) is 0 Å². The number of hydrogen-bond donors (Lipinski definition) is 4. The van der Waals surface area contributed by atoms with Gasteiger partial charge in [-0.1, -0.05) is 26.0 Å². The van der Waals surface area contributed by atoms with Gasteiger partial charge >= 0.3 is 7.60 Å². The van der Waals surface area contributed by atoms with Gasteiger partial charge < -0.3 is 20.2 Å². The maximum absolute atomic E-state index is 13.7. The van der Waals surface area contributed by atoms with Crippen molar-refractivity contribution in [2.24, 2.45) is 0 Å². The summed E-state index contributed by atoms with van der Waals surface area (Å²) in [7, 11) is -3.05. The minimum atomic E-state index is -4.38. The lowest BCUT2D eigenvalue weighted by atomic mass is 9.88. The minimum Gasteiger partial charge on any atom is -0.505 e. The Kier molecular flexibility index (Phi) is 7.79. The summed E-state index contributed by atoms with van der Waals surface area (Å²) in [6.07, 6.45) is 2.05. The van der Waals surface area contributed by atoms with Crippen LogP contribution in [0.4, 0.5) is 4.39 Å². The molecule has 9 nitrogen and oxygen atoms in total. The van der Waals surface area contributed by atoms with Gasteiger partial charge in [-0.05, 0) is 55.0 Å². The van der Waals surface area contributed by atoms with Crippen LogP contribution in [0, 0.1) is 5.82 Å². The van der Waals surface area contributed by atoms with Gasteiger partial charge in [-0.2, -0.15) is 0 Å². The summed E-state index contributed by atoms with van der Waals surface area (Å²) >= 11 is 0. The summed E-state index contributed by atoms with van der Waals surface area (Å²) < 4.78 is 26.4. The van der Waals surface area contributed by atoms with Crippen molar-refractivity contribution in [3.63, 3.8) is 0 Å². The predicted octanol–water partition coefficient (Wildman–Crippen LogP) is 3.27. The maximum atomic E-state index is 13.7. The van der Waals surface area contributed by atoms with Crippen LogP contribution < -0.4 is 10.9 Å². The molecule has 35 heavy (non-hydrogen) atoms. The number of fused-ring (bicyclic) bond motifs is 1. The van der Waals surface area contributed by atoms with Gasteiger partial charge in [0.1, 0.15) is 16.9 Å². The Morgan fingerprint density at radius 3 is 2.34 bits per heavy atom. The topological polar surface area (TPSA) is 142 Å². The molecule has 3 aromatic rings. The highest BCUT2D eigenvalue weighted by molar-refractivity contribution is 7.51. The molecule has 1 aromatic carbocycles. The first-order valence-electron chi connectivity index (χ1n) is 11.2. The second kappa shape index (κ2) is 10.3. The fourth-order valence-electron chi connectivity index (χ4n) is 4.41. The summed E-state index contributed by atoms with van der Waals surface area (Å²) in [6, 6.07) is 7.59. The molecule has 4 N–H and O–H groups in total. The zero-order chi connectivity index (χ0) is 26.0. The highest BCUT2D eigenvalue weighted by Gasteiger charge is 2.36. The molecule has 0 aliphatic carbocycles. The van der Waals surface area contributed by atoms with E-state index in [1.54, 1.807) is 32.0 Å². The van der Waals surface area contributed by atoms with E-state index in [2.05, 4.69) is 10.3 Å². The first-order valence-corrected chi connectivity index (χ1v) is 13.0. The number of nitrogens with zero attached hydrogens (tertiary/aromatic N) is 2. The summed E-state index contributed by atoms with van der Waals surface area (Å²) in [4.78, 5) is 49.6. The molecular weight excluding hydrogens is 476 g/mol. The average Bonchev–Trinajstić information content (AvgIpc) is 2.82. The number of carbonyl (C=O) groups is 1. The molecule has 0 radical (unpaired) electrons. The van der Waals surface area contributed by atoms with E-state index in [-0.39, 0.29) is 23.3 Å². The molecule has 2 heterocycles. The van der Waals surface area contributed by atoms with Crippen molar-refractivity contribution in [1.82, 2.24) is 14.9 Å². The Bertz CT molecular complexity index is 1350. The average molecular weight is 505 g/mol. The smallest absolute Gasteiger partial charge is 0.325 e. The summed E-state index contributed by atoms with van der Waals surface area (Å²) in [5.74, 6) is -1.73. The van der Waals surface area contributed by atoms with Gasteiger partial charge in [-0.25, -0.2) is 4.39 Å². The molecule has 0 spiro atoms. The number of amides is 1. The standard InChI is InChI=1S/C24H29FN3O6P/c1-4-24(5-2,10-11-35(32,33)34)28-18-13-16(12-15-6-8-17(25)9-7-15)14-27-20(18)21(29)19(23(28)31)22(30)26-3/h6-9,13-14,29H,4-5,10-12H2,1-3H3,(H,26,30)(H2,32,33,34). The van der Waals surface area contributed by atoms with E-state index in [0.717, 1.165) is 5.56 Å². The van der Waals surface area contributed by atoms with Gasteiger partial charge in [0.25, 0.3) is 11.5 Å². The largest absolute Gasteiger partial charge is 0.505 e. The fraction of sp³-hybridized carbons (Fsp3) is 0.375. The Morgan fingerprint density at radius 2 is 1.80 bits per heavy atom. The van der Waals surface area contributed by atoms with Gasteiger partial charge in [-0.15, -0.1) is 0 Å². The Labute approximate surface area is 201 Å². The van der Waals surface area contributed by atoms with Crippen LogP contribution in [0.3, 0.4) is 0 Å². The van der Waals surface area contributed by atoms with E-state index >= 15 is 0 Å². The third-order valence-electron chi connectivity index (χ3n) is 6.48. The van der Waals surface area contributed by atoms with Crippen molar-refractivity contribution in [2.75, 3.05) is 13.2 Å².